The minimum Gasteiger partial charge on any atom is -0.221 e. The van der Waals surface area contributed by atoms with Gasteiger partial charge in [0.25, 0.3) is 0 Å². The molecule has 0 atom stereocenters. The Morgan fingerprint density at radius 1 is 1.00 bits per heavy atom. The fourth-order valence-corrected chi connectivity index (χ4v) is 3.65. The van der Waals surface area contributed by atoms with Gasteiger partial charge in [0.1, 0.15) is 4.83 Å². The van der Waals surface area contributed by atoms with Crippen molar-refractivity contribution in [2.75, 3.05) is 0 Å². The van der Waals surface area contributed by atoms with E-state index in [-0.39, 0.29) is 0 Å². The molecule has 0 fully saturated rings. The van der Waals surface area contributed by atoms with Crippen LogP contribution in [-0.2, 0) is 0 Å². The number of nitrogens with zero attached hydrogens (tertiary/aromatic N) is 2. The average molecular weight is 329 g/mol. The van der Waals surface area contributed by atoms with Gasteiger partial charge in [-0.25, -0.2) is 4.52 Å². The number of thiazole rings is 1. The molecule has 2 heterocycles. The minimum atomic E-state index is 1.09. The van der Waals surface area contributed by atoms with E-state index in [1.54, 1.807) is 11.3 Å². The lowest BCUT2D eigenvalue weighted by Gasteiger charge is -1.96. The Bertz CT molecular complexity index is 874. The molecule has 0 radical (unpaired) electrons. The lowest BCUT2D eigenvalue weighted by molar-refractivity contribution is 1.02. The molecule has 4 heteroatoms. The van der Waals surface area contributed by atoms with E-state index in [9.17, 15) is 0 Å². The number of para-hydroxylation sites is 1. The molecule has 0 aliphatic rings. The molecule has 4 aromatic rings. The zero-order valence-corrected chi connectivity index (χ0v) is 12.3. The van der Waals surface area contributed by atoms with E-state index in [1.807, 2.05) is 10.7 Å². The van der Waals surface area contributed by atoms with E-state index < -0.39 is 0 Å². The van der Waals surface area contributed by atoms with Gasteiger partial charge in [-0.2, -0.15) is 5.10 Å². The van der Waals surface area contributed by atoms with Crippen LogP contribution >= 0.6 is 27.3 Å². The molecule has 92 valence electrons. The maximum absolute atomic E-state index is 4.52. The number of aromatic nitrogens is 2. The third-order valence-corrected chi connectivity index (χ3v) is 4.86. The first-order valence-corrected chi connectivity index (χ1v) is 7.55. The molecule has 0 spiro atoms. The summed E-state index contributed by atoms with van der Waals surface area (Å²) in [6, 6.07) is 16.7. The second-order valence-electron chi connectivity index (χ2n) is 4.35. The third kappa shape index (κ3) is 1.71. The lowest BCUT2D eigenvalue weighted by Crippen LogP contribution is -1.80. The maximum atomic E-state index is 4.52. The molecular weight excluding hydrogens is 320 g/mol. The summed E-state index contributed by atoms with van der Waals surface area (Å²) in [5, 5.41) is 4.52. The van der Waals surface area contributed by atoms with Gasteiger partial charge in [0, 0.05) is 10.0 Å². The van der Waals surface area contributed by atoms with Gasteiger partial charge in [0.15, 0.2) is 0 Å². The predicted octanol–water partition coefficient (Wildman–Crippen LogP) is 4.98. The quantitative estimate of drug-likeness (QED) is 0.481. The van der Waals surface area contributed by atoms with E-state index in [1.165, 1.54) is 26.2 Å². The van der Waals surface area contributed by atoms with E-state index in [2.05, 4.69) is 69.6 Å². The summed E-state index contributed by atoms with van der Waals surface area (Å²) >= 11 is 5.25. The van der Waals surface area contributed by atoms with Crippen LogP contribution in [0.4, 0.5) is 0 Å². The van der Waals surface area contributed by atoms with E-state index in [4.69, 9.17) is 0 Å². The second-order valence-corrected chi connectivity index (χ2v) is 6.30. The number of hydrogen-bond donors (Lipinski definition) is 0. The van der Waals surface area contributed by atoms with Crippen LogP contribution in [0.1, 0.15) is 0 Å². The summed E-state index contributed by atoms with van der Waals surface area (Å²) in [4.78, 5) is 1.20. The van der Waals surface area contributed by atoms with Gasteiger partial charge in [-0.1, -0.05) is 40.2 Å². The Labute approximate surface area is 122 Å². The summed E-state index contributed by atoms with van der Waals surface area (Å²) in [7, 11) is 0. The fourth-order valence-electron chi connectivity index (χ4n) is 2.26. The van der Waals surface area contributed by atoms with Gasteiger partial charge in [0.2, 0.25) is 0 Å². The maximum Gasteiger partial charge on any atom is 0.128 e. The normalized spacial score (nSPS) is 11.4. The SMILES string of the molecule is Brc1ccc(-c2cnn3c2sc2ccccc23)cc1. The summed E-state index contributed by atoms with van der Waals surface area (Å²) in [5.41, 5.74) is 3.56. The number of rotatable bonds is 1. The highest BCUT2D eigenvalue weighted by atomic mass is 79.9. The summed E-state index contributed by atoms with van der Waals surface area (Å²) in [5.74, 6) is 0. The second kappa shape index (κ2) is 4.18. The van der Waals surface area contributed by atoms with E-state index >= 15 is 0 Å². The topological polar surface area (TPSA) is 17.3 Å². The van der Waals surface area contributed by atoms with Gasteiger partial charge in [0.05, 0.1) is 16.4 Å². The Kier molecular flexibility index (Phi) is 2.47. The van der Waals surface area contributed by atoms with Crippen LogP contribution in [0, 0.1) is 0 Å². The average Bonchev–Trinajstić information content (AvgIpc) is 2.98. The number of halogens is 1. The standard InChI is InChI=1S/C15H9BrN2S/c16-11-7-5-10(6-8-11)12-9-17-18-13-3-1-2-4-14(13)19-15(12)18/h1-9H. The molecule has 0 saturated carbocycles. The van der Waals surface area contributed by atoms with Crippen molar-refractivity contribution in [1.29, 1.82) is 0 Å². The fraction of sp³-hybridized carbons (Fsp3) is 0. The zero-order valence-electron chi connectivity index (χ0n) is 9.88. The molecule has 0 amide bonds. The smallest absolute Gasteiger partial charge is 0.128 e. The first-order valence-electron chi connectivity index (χ1n) is 5.94. The van der Waals surface area contributed by atoms with Crippen molar-refractivity contribution in [3.05, 3.63) is 59.2 Å². The molecule has 2 nitrogen and oxygen atoms in total. The van der Waals surface area contributed by atoms with E-state index in [0.717, 1.165) is 4.47 Å². The molecule has 4 rings (SSSR count). The van der Waals surface area contributed by atoms with Crippen molar-refractivity contribution in [1.82, 2.24) is 9.61 Å². The van der Waals surface area contributed by atoms with Crippen LogP contribution < -0.4 is 0 Å². The van der Waals surface area contributed by atoms with Crippen LogP contribution in [0.15, 0.2) is 59.2 Å². The molecule has 0 saturated heterocycles. The minimum absolute atomic E-state index is 1.09. The van der Waals surface area contributed by atoms with Crippen LogP contribution in [-0.4, -0.2) is 9.61 Å². The van der Waals surface area contributed by atoms with Gasteiger partial charge in [-0.05, 0) is 29.8 Å². The Morgan fingerprint density at radius 2 is 1.79 bits per heavy atom. The van der Waals surface area contributed by atoms with Gasteiger partial charge in [-0.15, -0.1) is 11.3 Å². The van der Waals surface area contributed by atoms with Crippen molar-refractivity contribution in [3.63, 3.8) is 0 Å². The summed E-state index contributed by atoms with van der Waals surface area (Å²) in [6.45, 7) is 0. The molecule has 0 aliphatic carbocycles. The van der Waals surface area contributed by atoms with Crippen LogP contribution in [0.5, 0.6) is 0 Å². The van der Waals surface area contributed by atoms with Crippen molar-refractivity contribution < 1.29 is 0 Å². The van der Waals surface area contributed by atoms with E-state index in [0.29, 0.717) is 0 Å². The van der Waals surface area contributed by atoms with Crippen molar-refractivity contribution in [2.24, 2.45) is 0 Å². The van der Waals surface area contributed by atoms with Gasteiger partial charge >= 0.3 is 0 Å². The highest BCUT2D eigenvalue weighted by Gasteiger charge is 2.11. The van der Waals surface area contributed by atoms with Gasteiger partial charge in [-0.3, -0.25) is 0 Å². The molecule has 0 unspecified atom stereocenters. The predicted molar refractivity (Wildman–Crippen MR) is 83.7 cm³/mol. The van der Waals surface area contributed by atoms with Crippen LogP contribution in [0.3, 0.4) is 0 Å². The van der Waals surface area contributed by atoms with Crippen molar-refractivity contribution in [2.45, 2.75) is 0 Å². The monoisotopic (exact) mass is 328 g/mol. The van der Waals surface area contributed by atoms with Crippen molar-refractivity contribution in [3.8, 4) is 11.1 Å². The number of fused-ring (bicyclic) bond motifs is 3. The largest absolute Gasteiger partial charge is 0.221 e. The Balaban J connectivity index is 2.02. The Morgan fingerprint density at radius 3 is 2.63 bits per heavy atom. The molecule has 0 bridgehead atoms. The molecule has 2 aromatic heterocycles. The molecule has 19 heavy (non-hydrogen) atoms. The molecule has 2 aromatic carbocycles. The zero-order chi connectivity index (χ0) is 12.8. The number of hydrogen-bond acceptors (Lipinski definition) is 2. The first kappa shape index (κ1) is 11.2. The number of benzene rings is 2. The van der Waals surface area contributed by atoms with Gasteiger partial charge < -0.3 is 0 Å². The van der Waals surface area contributed by atoms with Crippen molar-refractivity contribution >= 4 is 42.3 Å². The summed E-state index contributed by atoms with van der Waals surface area (Å²) < 4.78 is 4.39. The first-order chi connectivity index (χ1) is 9.33. The molecular formula is C15H9BrN2S. The third-order valence-electron chi connectivity index (χ3n) is 3.18. The highest BCUT2D eigenvalue weighted by molar-refractivity contribution is 9.10. The molecule has 0 N–H and O–H groups in total. The lowest BCUT2D eigenvalue weighted by atomic mass is 10.1. The molecule has 0 aliphatic heterocycles. The van der Waals surface area contributed by atoms with Crippen LogP contribution in [0.2, 0.25) is 0 Å². The Hall–Kier alpha value is -1.65. The summed E-state index contributed by atoms with van der Waals surface area (Å²) in [6.07, 6.45) is 1.95. The highest BCUT2D eigenvalue weighted by Crippen LogP contribution is 2.34. The van der Waals surface area contributed by atoms with Crippen LogP contribution in [0.25, 0.3) is 26.2 Å².